The number of carboxylic acid groups (broad SMARTS) is 1. The summed E-state index contributed by atoms with van der Waals surface area (Å²) in [6.45, 7) is 0.586. The largest absolute Gasteiger partial charge is 0.507 e. The normalized spacial score (nSPS) is 10.3. The van der Waals surface area contributed by atoms with Crippen LogP contribution in [0.4, 0.5) is 0 Å². The lowest BCUT2D eigenvalue weighted by atomic mass is 10.1. The van der Waals surface area contributed by atoms with E-state index in [9.17, 15) is 14.7 Å². The summed E-state index contributed by atoms with van der Waals surface area (Å²) in [5, 5.41) is 20.8. The molecule has 0 saturated carbocycles. The highest BCUT2D eigenvalue weighted by Gasteiger charge is 2.08. The molecule has 1 aromatic carbocycles. The fraction of sp³-hybridized carbons (Fsp3) is 0.500. The lowest BCUT2D eigenvalue weighted by molar-refractivity contribution is -0.137. The fourth-order valence-corrected chi connectivity index (χ4v) is 2.07. The first-order valence-electron chi connectivity index (χ1n) is 7.39. The number of unbranched alkanes of at least 4 members (excludes halogenated alkanes) is 5. The number of phenolic OH excluding ortho intramolecular Hbond substituents is 1. The number of aliphatic carboxylic acids is 1. The third kappa shape index (κ3) is 7.34. The minimum absolute atomic E-state index is 0. The third-order valence-electron chi connectivity index (χ3n) is 3.25. The van der Waals surface area contributed by atoms with Gasteiger partial charge in [0.05, 0.1) is 5.56 Å². The molecule has 5 heteroatoms. The van der Waals surface area contributed by atoms with Gasteiger partial charge in [-0.1, -0.05) is 37.8 Å². The minimum Gasteiger partial charge on any atom is -0.507 e. The zero-order chi connectivity index (χ0) is 15.5. The monoisotopic (exact) mass is 295 g/mol. The first-order valence-corrected chi connectivity index (χ1v) is 7.39. The van der Waals surface area contributed by atoms with Crippen LogP contribution in [0.3, 0.4) is 0 Å². The van der Waals surface area contributed by atoms with Crippen LogP contribution in [-0.4, -0.2) is 28.6 Å². The Bertz CT molecular complexity index is 465. The van der Waals surface area contributed by atoms with Crippen molar-refractivity contribution in [3.63, 3.8) is 0 Å². The summed E-state index contributed by atoms with van der Waals surface area (Å²) in [6.07, 6.45) is 5.89. The molecule has 118 valence electrons. The SMILES string of the molecule is O=C(O)CCCCCCCCNC(=O)c1ccccc1O.[HH]. The van der Waals surface area contributed by atoms with Crippen LogP contribution < -0.4 is 5.32 Å². The first-order chi connectivity index (χ1) is 10.1. The molecular weight excluding hydrogens is 270 g/mol. The van der Waals surface area contributed by atoms with Crippen molar-refractivity contribution in [3.05, 3.63) is 29.8 Å². The predicted molar refractivity (Wildman–Crippen MR) is 82.5 cm³/mol. The van der Waals surface area contributed by atoms with Gasteiger partial charge in [-0.2, -0.15) is 0 Å². The number of hydrogen-bond donors (Lipinski definition) is 3. The Morgan fingerprint density at radius 1 is 1.00 bits per heavy atom. The summed E-state index contributed by atoms with van der Waals surface area (Å²) in [5.74, 6) is -0.995. The Labute approximate surface area is 126 Å². The fourth-order valence-electron chi connectivity index (χ4n) is 2.07. The summed E-state index contributed by atoms with van der Waals surface area (Å²) >= 11 is 0. The molecule has 1 amide bonds. The standard InChI is InChI=1S/C16H23NO4.H2/c18-14-10-7-6-9-13(14)16(21)17-12-8-4-2-1-3-5-11-15(19)20;/h6-7,9-10,18H,1-5,8,11-12H2,(H,17,21)(H,19,20);1H. The number of rotatable bonds is 10. The Morgan fingerprint density at radius 3 is 2.29 bits per heavy atom. The molecule has 3 N–H and O–H groups in total. The molecule has 1 rings (SSSR count). The molecule has 0 aliphatic heterocycles. The molecule has 0 saturated heterocycles. The molecule has 0 aliphatic carbocycles. The number of aromatic hydroxyl groups is 1. The number of para-hydroxylation sites is 1. The van der Waals surface area contributed by atoms with Crippen LogP contribution in [-0.2, 0) is 4.79 Å². The van der Waals surface area contributed by atoms with Gasteiger partial charge in [0.15, 0.2) is 0 Å². The van der Waals surface area contributed by atoms with Crippen LogP contribution in [0.25, 0.3) is 0 Å². The van der Waals surface area contributed by atoms with Crippen molar-refractivity contribution in [1.29, 1.82) is 0 Å². The average Bonchev–Trinajstić information content (AvgIpc) is 2.45. The smallest absolute Gasteiger partial charge is 0.303 e. The number of phenols is 1. The van der Waals surface area contributed by atoms with Crippen molar-refractivity contribution in [2.75, 3.05) is 6.54 Å². The van der Waals surface area contributed by atoms with Gasteiger partial charge >= 0.3 is 5.97 Å². The zero-order valence-electron chi connectivity index (χ0n) is 12.2. The highest BCUT2D eigenvalue weighted by atomic mass is 16.4. The number of carboxylic acids is 1. The van der Waals surface area contributed by atoms with Crippen molar-refractivity contribution < 1.29 is 21.2 Å². The molecule has 0 aliphatic rings. The summed E-state index contributed by atoms with van der Waals surface area (Å²) < 4.78 is 0. The van der Waals surface area contributed by atoms with Gasteiger partial charge in [-0.25, -0.2) is 0 Å². The molecule has 0 radical (unpaired) electrons. The predicted octanol–water partition coefficient (Wildman–Crippen LogP) is 3.18. The van der Waals surface area contributed by atoms with Crippen LogP contribution in [0, 0.1) is 0 Å². The summed E-state index contributed by atoms with van der Waals surface area (Å²) in [5.41, 5.74) is 0.297. The molecule has 0 bridgehead atoms. The number of carbonyl (C=O) groups excluding carboxylic acids is 1. The van der Waals surface area contributed by atoms with E-state index in [2.05, 4.69) is 5.32 Å². The van der Waals surface area contributed by atoms with Gasteiger partial charge in [-0.3, -0.25) is 9.59 Å². The van der Waals surface area contributed by atoms with E-state index in [4.69, 9.17) is 5.11 Å². The zero-order valence-corrected chi connectivity index (χ0v) is 12.2. The maximum atomic E-state index is 11.8. The molecule has 0 atom stereocenters. The number of hydrogen-bond acceptors (Lipinski definition) is 3. The van der Waals surface area contributed by atoms with Gasteiger partial charge in [-0.05, 0) is 25.0 Å². The van der Waals surface area contributed by atoms with E-state index < -0.39 is 5.97 Å². The second kappa shape index (κ2) is 9.80. The van der Waals surface area contributed by atoms with Crippen molar-refractivity contribution >= 4 is 11.9 Å². The van der Waals surface area contributed by atoms with E-state index in [1.165, 1.54) is 6.07 Å². The topological polar surface area (TPSA) is 86.6 Å². The van der Waals surface area contributed by atoms with Gasteiger partial charge in [-0.15, -0.1) is 0 Å². The van der Waals surface area contributed by atoms with Gasteiger partial charge < -0.3 is 15.5 Å². The molecule has 0 fully saturated rings. The summed E-state index contributed by atoms with van der Waals surface area (Å²) in [6, 6.07) is 6.47. The molecule has 0 heterocycles. The molecule has 0 unspecified atom stereocenters. The Hall–Kier alpha value is -2.04. The molecule has 1 aromatic rings. The van der Waals surface area contributed by atoms with Crippen molar-refractivity contribution in [2.24, 2.45) is 0 Å². The van der Waals surface area contributed by atoms with Gasteiger partial charge in [0, 0.05) is 14.4 Å². The maximum absolute atomic E-state index is 11.8. The van der Waals surface area contributed by atoms with Crippen molar-refractivity contribution in [3.8, 4) is 5.75 Å². The van der Waals surface area contributed by atoms with Crippen LogP contribution in [0.2, 0.25) is 0 Å². The van der Waals surface area contributed by atoms with Crippen molar-refractivity contribution in [2.45, 2.75) is 44.9 Å². The van der Waals surface area contributed by atoms with E-state index in [-0.39, 0.29) is 19.5 Å². The maximum Gasteiger partial charge on any atom is 0.303 e. The van der Waals surface area contributed by atoms with Crippen LogP contribution in [0.5, 0.6) is 5.75 Å². The highest BCUT2D eigenvalue weighted by molar-refractivity contribution is 5.96. The second-order valence-electron chi connectivity index (χ2n) is 5.04. The van der Waals surface area contributed by atoms with E-state index >= 15 is 0 Å². The van der Waals surface area contributed by atoms with E-state index in [1.54, 1.807) is 18.2 Å². The lowest BCUT2D eigenvalue weighted by Crippen LogP contribution is -2.24. The van der Waals surface area contributed by atoms with Crippen LogP contribution in [0.1, 0.15) is 56.7 Å². The molecule has 0 spiro atoms. The van der Waals surface area contributed by atoms with Crippen LogP contribution >= 0.6 is 0 Å². The summed E-state index contributed by atoms with van der Waals surface area (Å²) in [7, 11) is 0. The Morgan fingerprint density at radius 2 is 1.62 bits per heavy atom. The van der Waals surface area contributed by atoms with Gasteiger partial charge in [0.1, 0.15) is 5.75 Å². The van der Waals surface area contributed by atoms with Gasteiger partial charge in [0.2, 0.25) is 0 Å². The molecule has 5 nitrogen and oxygen atoms in total. The van der Waals surface area contributed by atoms with E-state index in [0.717, 1.165) is 38.5 Å². The number of carbonyl (C=O) groups is 2. The summed E-state index contributed by atoms with van der Waals surface area (Å²) in [4.78, 5) is 22.1. The molecule has 0 aromatic heterocycles. The third-order valence-corrected chi connectivity index (χ3v) is 3.25. The molecular formula is C16H25NO4. The number of benzene rings is 1. The number of amides is 1. The number of nitrogens with one attached hydrogen (secondary N) is 1. The highest BCUT2D eigenvalue weighted by Crippen LogP contribution is 2.15. The van der Waals surface area contributed by atoms with Crippen LogP contribution in [0.15, 0.2) is 24.3 Å². The lowest BCUT2D eigenvalue weighted by Gasteiger charge is -2.06. The van der Waals surface area contributed by atoms with E-state index in [1.807, 2.05) is 0 Å². The van der Waals surface area contributed by atoms with Gasteiger partial charge in [0.25, 0.3) is 5.91 Å². The van der Waals surface area contributed by atoms with Crippen molar-refractivity contribution in [1.82, 2.24) is 5.32 Å². The Balaban J connectivity index is 0.00000441. The quantitative estimate of drug-likeness (QED) is 0.579. The molecule has 21 heavy (non-hydrogen) atoms. The van der Waals surface area contributed by atoms with E-state index in [0.29, 0.717) is 12.1 Å². The second-order valence-corrected chi connectivity index (χ2v) is 5.04. The first kappa shape index (κ1) is 17.0. The Kier molecular flexibility index (Phi) is 7.94. The average molecular weight is 295 g/mol. The minimum atomic E-state index is -0.734.